The molecule has 0 aliphatic rings. The Morgan fingerprint density at radius 3 is 2.13 bits per heavy atom. The highest BCUT2D eigenvalue weighted by atomic mass is 32.2. The standard InChI is InChI=1S/C26H25N3OS/c1-18-10-9-11-19(2)23(18)27-22(30)16-17-31-26-28-24(20-12-5-3-6-13-20)25(29-26)21-14-7-4-8-15-21/h3-15H,16-17H2,1-2H3,(H,27,30)(H,28,29). The molecule has 5 heteroatoms. The van der Waals surface area contributed by atoms with Gasteiger partial charge in [0, 0.05) is 29.0 Å². The Hall–Kier alpha value is -3.31. The third-order valence-corrected chi connectivity index (χ3v) is 5.98. The van der Waals surface area contributed by atoms with Crippen LogP contribution in [0.15, 0.2) is 84.0 Å². The summed E-state index contributed by atoms with van der Waals surface area (Å²) in [4.78, 5) is 20.8. The Balaban J connectivity index is 1.47. The molecule has 1 amide bonds. The van der Waals surface area contributed by atoms with Crippen molar-refractivity contribution >= 4 is 23.4 Å². The van der Waals surface area contributed by atoms with Gasteiger partial charge in [0.25, 0.3) is 0 Å². The van der Waals surface area contributed by atoms with Crippen LogP contribution in [0.1, 0.15) is 17.5 Å². The average molecular weight is 428 g/mol. The fourth-order valence-electron chi connectivity index (χ4n) is 3.49. The molecule has 1 heterocycles. The molecule has 0 fully saturated rings. The van der Waals surface area contributed by atoms with E-state index in [1.165, 1.54) is 0 Å². The maximum Gasteiger partial charge on any atom is 0.225 e. The van der Waals surface area contributed by atoms with Crippen molar-refractivity contribution in [3.63, 3.8) is 0 Å². The summed E-state index contributed by atoms with van der Waals surface area (Å²) in [6, 6.07) is 26.4. The molecule has 4 nitrogen and oxygen atoms in total. The molecular formula is C26H25N3OS. The van der Waals surface area contributed by atoms with E-state index >= 15 is 0 Å². The maximum atomic E-state index is 12.5. The summed E-state index contributed by atoms with van der Waals surface area (Å²) in [6.45, 7) is 4.02. The minimum absolute atomic E-state index is 0.0167. The Bertz CT molecular complexity index is 1090. The summed E-state index contributed by atoms with van der Waals surface area (Å²) in [6.07, 6.45) is 0.417. The number of para-hydroxylation sites is 1. The Labute approximate surface area is 187 Å². The lowest BCUT2D eigenvalue weighted by Crippen LogP contribution is -2.14. The number of carbonyl (C=O) groups excluding carboxylic acids is 1. The van der Waals surface area contributed by atoms with E-state index in [0.717, 1.165) is 44.5 Å². The van der Waals surface area contributed by atoms with Crippen molar-refractivity contribution < 1.29 is 4.79 Å². The van der Waals surface area contributed by atoms with E-state index in [9.17, 15) is 4.79 Å². The highest BCUT2D eigenvalue weighted by Gasteiger charge is 2.15. The van der Waals surface area contributed by atoms with E-state index in [0.29, 0.717) is 12.2 Å². The van der Waals surface area contributed by atoms with Crippen LogP contribution in [-0.4, -0.2) is 21.6 Å². The van der Waals surface area contributed by atoms with Gasteiger partial charge in [-0.05, 0) is 25.0 Å². The third-order valence-electron chi connectivity index (χ3n) is 5.11. The number of carbonyl (C=O) groups is 1. The van der Waals surface area contributed by atoms with E-state index in [2.05, 4.69) is 34.6 Å². The second kappa shape index (κ2) is 9.67. The highest BCUT2D eigenvalue weighted by Crippen LogP contribution is 2.32. The molecule has 0 saturated heterocycles. The van der Waals surface area contributed by atoms with Gasteiger partial charge in [0.2, 0.25) is 5.91 Å². The molecule has 3 aromatic carbocycles. The minimum atomic E-state index is 0.0167. The molecule has 0 atom stereocenters. The summed E-state index contributed by atoms with van der Waals surface area (Å²) in [7, 11) is 0. The number of aromatic nitrogens is 2. The van der Waals surface area contributed by atoms with Gasteiger partial charge in [0.15, 0.2) is 5.16 Å². The lowest BCUT2D eigenvalue weighted by atomic mass is 10.1. The molecule has 0 radical (unpaired) electrons. The summed E-state index contributed by atoms with van der Waals surface area (Å²) in [5.74, 6) is 0.662. The average Bonchev–Trinajstić information content (AvgIpc) is 3.22. The van der Waals surface area contributed by atoms with Crippen LogP contribution in [0.5, 0.6) is 0 Å². The number of hydrogen-bond donors (Lipinski definition) is 2. The number of aromatic amines is 1. The molecule has 2 N–H and O–H groups in total. The van der Waals surface area contributed by atoms with Crippen molar-refractivity contribution in [3.8, 4) is 22.5 Å². The minimum Gasteiger partial charge on any atom is -0.332 e. The van der Waals surface area contributed by atoms with Crippen molar-refractivity contribution in [2.24, 2.45) is 0 Å². The first-order valence-corrected chi connectivity index (χ1v) is 11.3. The van der Waals surface area contributed by atoms with Gasteiger partial charge in [-0.2, -0.15) is 0 Å². The molecule has 0 aliphatic heterocycles. The van der Waals surface area contributed by atoms with Crippen LogP contribution in [0.2, 0.25) is 0 Å². The largest absolute Gasteiger partial charge is 0.332 e. The molecule has 0 bridgehead atoms. The number of nitrogens with one attached hydrogen (secondary N) is 2. The topological polar surface area (TPSA) is 57.8 Å². The number of hydrogen-bond acceptors (Lipinski definition) is 3. The van der Waals surface area contributed by atoms with E-state index in [1.807, 2.05) is 68.4 Å². The predicted molar refractivity (Wildman–Crippen MR) is 129 cm³/mol. The summed E-state index contributed by atoms with van der Waals surface area (Å²) >= 11 is 1.56. The van der Waals surface area contributed by atoms with Crippen LogP contribution in [0.4, 0.5) is 5.69 Å². The molecule has 0 spiro atoms. The molecule has 0 saturated carbocycles. The number of H-pyrrole nitrogens is 1. The molecule has 0 unspecified atom stereocenters. The van der Waals surface area contributed by atoms with Crippen LogP contribution in [0.3, 0.4) is 0 Å². The molecule has 4 aromatic rings. The van der Waals surface area contributed by atoms with Crippen LogP contribution < -0.4 is 5.32 Å². The number of benzene rings is 3. The van der Waals surface area contributed by atoms with Crippen molar-refractivity contribution in [2.45, 2.75) is 25.4 Å². The van der Waals surface area contributed by atoms with E-state index in [-0.39, 0.29) is 5.91 Å². The number of rotatable bonds is 7. The van der Waals surface area contributed by atoms with Crippen molar-refractivity contribution in [3.05, 3.63) is 90.0 Å². The van der Waals surface area contributed by atoms with Crippen LogP contribution in [0, 0.1) is 13.8 Å². The number of anilines is 1. The SMILES string of the molecule is Cc1cccc(C)c1NC(=O)CCSc1nc(-c2ccccc2)c(-c2ccccc2)[nH]1. The van der Waals surface area contributed by atoms with Gasteiger partial charge in [-0.15, -0.1) is 0 Å². The van der Waals surface area contributed by atoms with Gasteiger partial charge >= 0.3 is 0 Å². The fraction of sp³-hybridized carbons (Fsp3) is 0.154. The number of thioether (sulfide) groups is 1. The van der Waals surface area contributed by atoms with Gasteiger partial charge in [0.1, 0.15) is 0 Å². The Morgan fingerprint density at radius 1 is 0.871 bits per heavy atom. The number of aryl methyl sites for hydroxylation is 2. The van der Waals surface area contributed by atoms with Crippen molar-refractivity contribution in [1.82, 2.24) is 9.97 Å². The van der Waals surface area contributed by atoms with E-state index < -0.39 is 0 Å². The van der Waals surface area contributed by atoms with E-state index in [1.54, 1.807) is 11.8 Å². The number of nitrogens with zero attached hydrogens (tertiary/aromatic N) is 1. The smallest absolute Gasteiger partial charge is 0.225 e. The first-order chi connectivity index (χ1) is 15.1. The van der Waals surface area contributed by atoms with Crippen LogP contribution >= 0.6 is 11.8 Å². The maximum absolute atomic E-state index is 12.5. The van der Waals surface area contributed by atoms with E-state index in [4.69, 9.17) is 4.98 Å². The van der Waals surface area contributed by atoms with Crippen LogP contribution in [-0.2, 0) is 4.79 Å². The molecule has 156 valence electrons. The summed E-state index contributed by atoms with van der Waals surface area (Å²) < 4.78 is 0. The normalized spacial score (nSPS) is 10.8. The fourth-order valence-corrected chi connectivity index (χ4v) is 4.30. The first kappa shape index (κ1) is 20.9. The monoisotopic (exact) mass is 427 g/mol. The molecule has 4 rings (SSSR count). The number of imidazole rings is 1. The molecule has 31 heavy (non-hydrogen) atoms. The Morgan fingerprint density at radius 2 is 1.48 bits per heavy atom. The van der Waals surface area contributed by atoms with Gasteiger partial charge in [-0.3, -0.25) is 4.79 Å². The van der Waals surface area contributed by atoms with Gasteiger partial charge in [-0.1, -0.05) is 90.6 Å². The van der Waals surface area contributed by atoms with Crippen molar-refractivity contribution in [2.75, 3.05) is 11.1 Å². The summed E-state index contributed by atoms with van der Waals surface area (Å²) in [5.41, 5.74) is 7.14. The molecule has 1 aromatic heterocycles. The summed E-state index contributed by atoms with van der Waals surface area (Å²) in [5, 5.41) is 3.87. The van der Waals surface area contributed by atoms with Crippen molar-refractivity contribution in [1.29, 1.82) is 0 Å². The zero-order chi connectivity index (χ0) is 21.6. The van der Waals surface area contributed by atoms with Crippen LogP contribution in [0.25, 0.3) is 22.5 Å². The second-order valence-electron chi connectivity index (χ2n) is 7.41. The quantitative estimate of drug-likeness (QED) is 0.332. The third kappa shape index (κ3) is 5.06. The zero-order valence-corrected chi connectivity index (χ0v) is 18.5. The highest BCUT2D eigenvalue weighted by molar-refractivity contribution is 7.99. The van der Waals surface area contributed by atoms with Gasteiger partial charge in [-0.25, -0.2) is 4.98 Å². The number of amides is 1. The second-order valence-corrected chi connectivity index (χ2v) is 8.49. The molecule has 0 aliphatic carbocycles. The molecular weight excluding hydrogens is 402 g/mol. The van der Waals surface area contributed by atoms with Gasteiger partial charge < -0.3 is 10.3 Å². The first-order valence-electron chi connectivity index (χ1n) is 10.3. The van der Waals surface area contributed by atoms with Gasteiger partial charge in [0.05, 0.1) is 11.4 Å². The Kier molecular flexibility index (Phi) is 6.53. The lowest BCUT2D eigenvalue weighted by Gasteiger charge is -2.11. The lowest BCUT2D eigenvalue weighted by molar-refractivity contribution is -0.115. The predicted octanol–water partition coefficient (Wildman–Crippen LogP) is 6.48. The zero-order valence-electron chi connectivity index (χ0n) is 17.7.